The van der Waals surface area contributed by atoms with Crippen molar-refractivity contribution < 1.29 is 9.59 Å². The second kappa shape index (κ2) is 7.44. The first-order valence-electron chi connectivity index (χ1n) is 8.10. The Morgan fingerprint density at radius 2 is 1.96 bits per heavy atom. The van der Waals surface area contributed by atoms with Crippen molar-refractivity contribution in [1.82, 2.24) is 20.5 Å². The average molecular weight is 318 g/mol. The van der Waals surface area contributed by atoms with E-state index in [-0.39, 0.29) is 23.4 Å². The van der Waals surface area contributed by atoms with Gasteiger partial charge in [0.25, 0.3) is 5.91 Å². The molecule has 0 bridgehead atoms. The molecule has 0 aliphatic carbocycles. The molecule has 0 spiro atoms. The fourth-order valence-electron chi connectivity index (χ4n) is 2.46. The predicted octanol–water partition coefficient (Wildman–Crippen LogP) is 2.03. The molecule has 23 heavy (non-hydrogen) atoms. The maximum Gasteiger partial charge on any atom is 0.315 e. The Bertz CT molecular complexity index is 531. The van der Waals surface area contributed by atoms with Crippen LogP contribution in [0.15, 0.2) is 24.4 Å². The molecule has 6 nitrogen and oxygen atoms in total. The van der Waals surface area contributed by atoms with Gasteiger partial charge < -0.3 is 15.5 Å². The molecule has 0 unspecified atom stereocenters. The highest BCUT2D eigenvalue weighted by Gasteiger charge is 2.25. The number of nitrogens with zero attached hydrogens (tertiary/aromatic N) is 2. The van der Waals surface area contributed by atoms with Gasteiger partial charge in [0, 0.05) is 31.9 Å². The number of hydrogen-bond donors (Lipinski definition) is 2. The fraction of sp³-hybridized carbons (Fsp3) is 0.588. The third-order valence-electron chi connectivity index (χ3n) is 3.78. The van der Waals surface area contributed by atoms with E-state index in [1.54, 1.807) is 23.2 Å². The monoisotopic (exact) mass is 318 g/mol. The Morgan fingerprint density at radius 3 is 2.52 bits per heavy atom. The first-order valence-corrected chi connectivity index (χ1v) is 8.10. The summed E-state index contributed by atoms with van der Waals surface area (Å²) < 4.78 is 0. The van der Waals surface area contributed by atoms with Crippen LogP contribution in [0.3, 0.4) is 0 Å². The van der Waals surface area contributed by atoms with Crippen LogP contribution >= 0.6 is 0 Å². The van der Waals surface area contributed by atoms with Gasteiger partial charge >= 0.3 is 6.03 Å². The molecule has 1 fully saturated rings. The van der Waals surface area contributed by atoms with Crippen LogP contribution < -0.4 is 10.6 Å². The lowest BCUT2D eigenvalue weighted by atomic mass is 9.97. The number of nitrogens with one attached hydrogen (secondary N) is 2. The van der Waals surface area contributed by atoms with Gasteiger partial charge in [-0.25, -0.2) is 4.79 Å². The normalized spacial score (nSPS) is 16.0. The smallest absolute Gasteiger partial charge is 0.315 e. The summed E-state index contributed by atoms with van der Waals surface area (Å²) >= 11 is 0. The molecule has 1 aromatic heterocycles. The molecular weight excluding hydrogens is 292 g/mol. The van der Waals surface area contributed by atoms with Crippen LogP contribution in [-0.2, 0) is 0 Å². The molecule has 1 aromatic rings. The van der Waals surface area contributed by atoms with Crippen LogP contribution in [0.5, 0.6) is 0 Å². The number of hydrogen-bond acceptors (Lipinski definition) is 3. The highest BCUT2D eigenvalue weighted by atomic mass is 16.2. The standard InChI is InChI=1S/C17H26N4O2/c1-17(2,3)12-19-16(23)20-13-7-10-21(11-8-13)15(22)14-6-4-5-9-18-14/h4-6,9,13H,7-8,10-12H2,1-3H3,(H2,19,20,23). The first-order chi connectivity index (χ1) is 10.8. The van der Waals surface area contributed by atoms with Crippen molar-refractivity contribution in [3.63, 3.8) is 0 Å². The summed E-state index contributed by atoms with van der Waals surface area (Å²) in [5.41, 5.74) is 0.539. The summed E-state index contributed by atoms with van der Waals surface area (Å²) in [6.07, 6.45) is 3.16. The van der Waals surface area contributed by atoms with E-state index in [1.807, 2.05) is 6.07 Å². The van der Waals surface area contributed by atoms with Crippen molar-refractivity contribution in [2.24, 2.45) is 5.41 Å². The zero-order valence-electron chi connectivity index (χ0n) is 14.1. The molecule has 0 saturated carbocycles. The Labute approximate surface area is 137 Å². The highest BCUT2D eigenvalue weighted by molar-refractivity contribution is 5.92. The van der Waals surface area contributed by atoms with Gasteiger partial charge in [-0.1, -0.05) is 26.8 Å². The summed E-state index contributed by atoms with van der Waals surface area (Å²) in [5.74, 6) is -0.0405. The van der Waals surface area contributed by atoms with Crippen LogP contribution in [-0.4, -0.2) is 47.5 Å². The van der Waals surface area contributed by atoms with Gasteiger partial charge in [-0.2, -0.15) is 0 Å². The largest absolute Gasteiger partial charge is 0.338 e. The van der Waals surface area contributed by atoms with E-state index in [1.165, 1.54) is 0 Å². The number of aromatic nitrogens is 1. The topological polar surface area (TPSA) is 74.3 Å². The Balaban J connectivity index is 1.76. The lowest BCUT2D eigenvalue weighted by molar-refractivity contribution is 0.0702. The van der Waals surface area contributed by atoms with Crippen LogP contribution in [0.25, 0.3) is 0 Å². The molecule has 0 aromatic carbocycles. The SMILES string of the molecule is CC(C)(C)CNC(=O)NC1CCN(C(=O)c2ccccn2)CC1. The maximum atomic E-state index is 12.3. The molecular formula is C17H26N4O2. The van der Waals surface area contributed by atoms with E-state index in [0.717, 1.165) is 12.8 Å². The van der Waals surface area contributed by atoms with E-state index in [9.17, 15) is 9.59 Å². The van der Waals surface area contributed by atoms with Crippen LogP contribution in [0.1, 0.15) is 44.1 Å². The zero-order valence-corrected chi connectivity index (χ0v) is 14.1. The van der Waals surface area contributed by atoms with Crippen molar-refractivity contribution >= 4 is 11.9 Å². The number of pyridine rings is 1. The van der Waals surface area contributed by atoms with Crippen molar-refractivity contribution in [2.45, 2.75) is 39.7 Å². The van der Waals surface area contributed by atoms with Gasteiger partial charge in [0.1, 0.15) is 5.69 Å². The number of carbonyl (C=O) groups excluding carboxylic acids is 2. The van der Waals surface area contributed by atoms with Crippen molar-refractivity contribution in [3.05, 3.63) is 30.1 Å². The van der Waals surface area contributed by atoms with Crippen LogP contribution in [0.4, 0.5) is 4.79 Å². The molecule has 126 valence electrons. The number of urea groups is 1. The minimum absolute atomic E-state index is 0.0405. The van der Waals surface area contributed by atoms with Gasteiger partial charge in [0.05, 0.1) is 0 Å². The van der Waals surface area contributed by atoms with Crippen molar-refractivity contribution in [3.8, 4) is 0 Å². The molecule has 0 radical (unpaired) electrons. The minimum atomic E-state index is -0.130. The number of piperidine rings is 1. The Kier molecular flexibility index (Phi) is 5.58. The molecule has 3 amide bonds. The van der Waals surface area contributed by atoms with E-state index >= 15 is 0 Å². The van der Waals surface area contributed by atoms with Crippen LogP contribution in [0, 0.1) is 5.41 Å². The molecule has 0 atom stereocenters. The summed E-state index contributed by atoms with van der Waals surface area (Å²) in [6.45, 7) is 8.15. The average Bonchev–Trinajstić information content (AvgIpc) is 2.53. The first kappa shape index (κ1) is 17.2. The molecule has 2 heterocycles. The summed E-state index contributed by atoms with van der Waals surface area (Å²) in [7, 11) is 0. The maximum absolute atomic E-state index is 12.3. The Morgan fingerprint density at radius 1 is 1.26 bits per heavy atom. The van der Waals surface area contributed by atoms with Gasteiger partial charge in [0.15, 0.2) is 0 Å². The van der Waals surface area contributed by atoms with Gasteiger partial charge in [-0.15, -0.1) is 0 Å². The molecule has 1 saturated heterocycles. The lowest BCUT2D eigenvalue weighted by Crippen LogP contribution is -2.50. The second-order valence-corrected chi connectivity index (χ2v) is 7.17. The Hall–Kier alpha value is -2.11. The third kappa shape index (κ3) is 5.54. The van der Waals surface area contributed by atoms with Crippen molar-refractivity contribution in [1.29, 1.82) is 0 Å². The lowest BCUT2D eigenvalue weighted by Gasteiger charge is -2.32. The predicted molar refractivity (Wildman–Crippen MR) is 89.2 cm³/mol. The number of carbonyl (C=O) groups is 2. The molecule has 2 N–H and O–H groups in total. The van der Waals surface area contributed by atoms with Crippen molar-refractivity contribution in [2.75, 3.05) is 19.6 Å². The highest BCUT2D eigenvalue weighted by Crippen LogP contribution is 2.13. The zero-order chi connectivity index (χ0) is 16.9. The minimum Gasteiger partial charge on any atom is -0.338 e. The third-order valence-corrected chi connectivity index (χ3v) is 3.78. The summed E-state index contributed by atoms with van der Waals surface area (Å²) in [5, 5.41) is 5.88. The molecule has 1 aliphatic rings. The van der Waals surface area contributed by atoms with E-state index in [4.69, 9.17) is 0 Å². The molecule has 6 heteroatoms. The molecule has 2 rings (SSSR count). The van der Waals surface area contributed by atoms with E-state index in [2.05, 4.69) is 36.4 Å². The number of rotatable bonds is 3. The summed E-state index contributed by atoms with van der Waals surface area (Å²) in [4.78, 5) is 30.1. The van der Waals surface area contributed by atoms with Gasteiger partial charge in [-0.05, 0) is 30.4 Å². The second-order valence-electron chi connectivity index (χ2n) is 7.17. The summed E-state index contributed by atoms with van der Waals surface area (Å²) in [6, 6.07) is 5.32. The molecule has 1 aliphatic heterocycles. The number of amides is 3. The number of likely N-dealkylation sites (tertiary alicyclic amines) is 1. The van der Waals surface area contributed by atoms with Gasteiger partial charge in [0.2, 0.25) is 0 Å². The van der Waals surface area contributed by atoms with E-state index in [0.29, 0.717) is 25.3 Å². The quantitative estimate of drug-likeness (QED) is 0.895. The van der Waals surface area contributed by atoms with Gasteiger partial charge in [-0.3, -0.25) is 9.78 Å². The van der Waals surface area contributed by atoms with Crippen LogP contribution in [0.2, 0.25) is 0 Å². The fourth-order valence-corrected chi connectivity index (χ4v) is 2.46. The van der Waals surface area contributed by atoms with E-state index < -0.39 is 0 Å².